The highest BCUT2D eigenvalue weighted by atomic mass is 15.5. The predicted octanol–water partition coefficient (Wildman–Crippen LogP) is 1.61. The fourth-order valence-corrected chi connectivity index (χ4v) is 1.63. The molecule has 18 heavy (non-hydrogen) atoms. The molecule has 0 saturated carbocycles. The Hall–Kier alpha value is -2.76. The lowest BCUT2D eigenvalue weighted by Crippen LogP contribution is -2.08. The number of aromatic nitrogens is 5. The Morgan fingerprint density at radius 3 is 2.61 bits per heavy atom. The average molecular weight is 238 g/mol. The van der Waals surface area contributed by atoms with Crippen LogP contribution in [-0.2, 0) is 0 Å². The van der Waals surface area contributed by atoms with Crippen LogP contribution < -0.4 is 5.43 Å². The molecule has 0 radical (unpaired) electrons. The third-order valence-corrected chi connectivity index (χ3v) is 2.43. The van der Waals surface area contributed by atoms with Crippen molar-refractivity contribution in [2.75, 3.05) is 5.43 Å². The first-order valence-electron chi connectivity index (χ1n) is 5.40. The first-order valence-corrected chi connectivity index (χ1v) is 5.40. The molecule has 0 fully saturated rings. The summed E-state index contributed by atoms with van der Waals surface area (Å²) in [6.07, 6.45) is 8.41. The third-order valence-electron chi connectivity index (χ3n) is 2.43. The van der Waals surface area contributed by atoms with Gasteiger partial charge in [-0.3, -0.25) is 10.4 Å². The van der Waals surface area contributed by atoms with E-state index in [1.54, 1.807) is 35.9 Å². The minimum absolute atomic E-state index is 0.727. The first-order chi connectivity index (χ1) is 8.93. The van der Waals surface area contributed by atoms with Gasteiger partial charge in [0, 0.05) is 29.7 Å². The van der Waals surface area contributed by atoms with Gasteiger partial charge in [0.1, 0.15) is 12.7 Å². The van der Waals surface area contributed by atoms with Gasteiger partial charge in [-0.25, -0.2) is 9.66 Å². The molecular formula is C12H10N6. The SMILES string of the molecule is c1cncc(-c2cccnc2Nn2cnnc2)c1. The summed E-state index contributed by atoms with van der Waals surface area (Å²) < 4.78 is 1.64. The zero-order chi connectivity index (χ0) is 12.2. The first kappa shape index (κ1) is 10.4. The Morgan fingerprint density at radius 1 is 1.00 bits per heavy atom. The van der Waals surface area contributed by atoms with Gasteiger partial charge in [-0.1, -0.05) is 6.07 Å². The Balaban J connectivity index is 2.00. The average Bonchev–Trinajstić information content (AvgIpc) is 2.93. The Bertz CT molecular complexity index is 620. The van der Waals surface area contributed by atoms with E-state index in [0.29, 0.717) is 0 Å². The second-order valence-corrected chi connectivity index (χ2v) is 3.62. The molecule has 0 amide bonds. The van der Waals surface area contributed by atoms with Crippen molar-refractivity contribution in [3.05, 3.63) is 55.5 Å². The van der Waals surface area contributed by atoms with E-state index in [4.69, 9.17) is 0 Å². The molecule has 3 rings (SSSR count). The standard InChI is InChI=1S/C12H10N6/c1-3-10(7-13-5-1)11-4-2-6-14-12(11)17-18-8-15-16-9-18/h1-9H,(H,14,17). The van der Waals surface area contributed by atoms with Crippen LogP contribution in [0.25, 0.3) is 11.1 Å². The monoisotopic (exact) mass is 238 g/mol. The molecule has 0 aliphatic heterocycles. The van der Waals surface area contributed by atoms with Gasteiger partial charge in [0.2, 0.25) is 0 Å². The van der Waals surface area contributed by atoms with Crippen LogP contribution in [0.2, 0.25) is 0 Å². The third kappa shape index (κ3) is 2.03. The number of nitrogens with one attached hydrogen (secondary N) is 1. The van der Waals surface area contributed by atoms with Gasteiger partial charge in [0.15, 0.2) is 5.82 Å². The van der Waals surface area contributed by atoms with Crippen molar-refractivity contribution in [2.45, 2.75) is 0 Å². The van der Waals surface area contributed by atoms with Gasteiger partial charge < -0.3 is 0 Å². The van der Waals surface area contributed by atoms with Crippen LogP contribution in [0.3, 0.4) is 0 Å². The molecule has 0 bridgehead atoms. The van der Waals surface area contributed by atoms with Crippen molar-refractivity contribution in [3.63, 3.8) is 0 Å². The maximum absolute atomic E-state index is 4.31. The van der Waals surface area contributed by atoms with Gasteiger partial charge in [-0.05, 0) is 18.2 Å². The van der Waals surface area contributed by atoms with Gasteiger partial charge >= 0.3 is 0 Å². The predicted molar refractivity (Wildman–Crippen MR) is 66.5 cm³/mol. The summed E-state index contributed by atoms with van der Waals surface area (Å²) in [4.78, 5) is 8.43. The molecule has 0 aromatic carbocycles. The van der Waals surface area contributed by atoms with Crippen LogP contribution in [0.1, 0.15) is 0 Å². The molecule has 6 nitrogen and oxygen atoms in total. The lowest BCUT2D eigenvalue weighted by atomic mass is 10.1. The molecule has 88 valence electrons. The van der Waals surface area contributed by atoms with Crippen molar-refractivity contribution in [2.24, 2.45) is 0 Å². The normalized spacial score (nSPS) is 10.2. The molecule has 0 unspecified atom stereocenters. The smallest absolute Gasteiger partial charge is 0.152 e. The summed E-state index contributed by atoms with van der Waals surface area (Å²) in [5, 5.41) is 7.46. The molecule has 0 saturated heterocycles. The van der Waals surface area contributed by atoms with Crippen molar-refractivity contribution < 1.29 is 0 Å². The van der Waals surface area contributed by atoms with Crippen molar-refractivity contribution >= 4 is 5.82 Å². The van der Waals surface area contributed by atoms with E-state index >= 15 is 0 Å². The molecule has 6 heteroatoms. The van der Waals surface area contributed by atoms with E-state index < -0.39 is 0 Å². The zero-order valence-electron chi connectivity index (χ0n) is 9.43. The number of rotatable bonds is 3. The van der Waals surface area contributed by atoms with Gasteiger partial charge in [-0.2, -0.15) is 0 Å². The number of nitrogens with zero attached hydrogens (tertiary/aromatic N) is 5. The largest absolute Gasteiger partial charge is 0.275 e. The molecule has 3 aromatic heterocycles. The summed E-state index contributed by atoms with van der Waals surface area (Å²) in [5.41, 5.74) is 5.08. The summed E-state index contributed by atoms with van der Waals surface area (Å²) in [6.45, 7) is 0. The lowest BCUT2D eigenvalue weighted by molar-refractivity contribution is 0.937. The van der Waals surface area contributed by atoms with E-state index in [9.17, 15) is 0 Å². The lowest BCUT2D eigenvalue weighted by Gasteiger charge is -2.10. The molecule has 1 N–H and O–H groups in total. The van der Waals surface area contributed by atoms with Gasteiger partial charge in [0.05, 0.1) is 0 Å². The van der Waals surface area contributed by atoms with Crippen LogP contribution in [0.5, 0.6) is 0 Å². The summed E-state index contributed by atoms with van der Waals surface area (Å²) >= 11 is 0. The van der Waals surface area contributed by atoms with E-state index in [1.807, 2.05) is 24.3 Å². The highest BCUT2D eigenvalue weighted by Gasteiger charge is 2.05. The molecule has 0 aliphatic carbocycles. The second kappa shape index (κ2) is 4.62. The van der Waals surface area contributed by atoms with E-state index in [-0.39, 0.29) is 0 Å². The topological polar surface area (TPSA) is 68.5 Å². The Morgan fingerprint density at radius 2 is 1.83 bits per heavy atom. The van der Waals surface area contributed by atoms with E-state index in [2.05, 4.69) is 25.6 Å². The summed E-state index contributed by atoms with van der Waals surface area (Å²) in [5.74, 6) is 0.727. The van der Waals surface area contributed by atoms with Crippen LogP contribution in [0.4, 0.5) is 5.82 Å². The number of anilines is 1. The molecule has 3 heterocycles. The highest BCUT2D eigenvalue weighted by Crippen LogP contribution is 2.24. The number of hydrogen-bond acceptors (Lipinski definition) is 5. The fourth-order valence-electron chi connectivity index (χ4n) is 1.63. The van der Waals surface area contributed by atoms with Crippen LogP contribution >= 0.6 is 0 Å². The minimum Gasteiger partial charge on any atom is -0.275 e. The van der Waals surface area contributed by atoms with Crippen LogP contribution in [0.15, 0.2) is 55.5 Å². The molecular weight excluding hydrogens is 228 g/mol. The van der Waals surface area contributed by atoms with E-state index in [1.165, 1.54) is 0 Å². The number of pyridine rings is 2. The molecule has 0 spiro atoms. The summed E-state index contributed by atoms with van der Waals surface area (Å²) in [6, 6.07) is 7.75. The van der Waals surface area contributed by atoms with Crippen LogP contribution in [0, 0.1) is 0 Å². The van der Waals surface area contributed by atoms with Gasteiger partial charge in [-0.15, -0.1) is 10.2 Å². The molecule has 3 aromatic rings. The highest BCUT2D eigenvalue weighted by molar-refractivity contribution is 5.74. The van der Waals surface area contributed by atoms with Gasteiger partial charge in [0.25, 0.3) is 0 Å². The molecule has 0 aliphatic rings. The maximum atomic E-state index is 4.31. The Labute approximate surface area is 103 Å². The van der Waals surface area contributed by atoms with Crippen molar-refractivity contribution in [1.82, 2.24) is 24.8 Å². The Kier molecular flexibility index (Phi) is 2.67. The minimum atomic E-state index is 0.727. The quantitative estimate of drug-likeness (QED) is 0.750. The van der Waals surface area contributed by atoms with Crippen molar-refractivity contribution in [1.29, 1.82) is 0 Å². The van der Waals surface area contributed by atoms with Crippen LogP contribution in [-0.4, -0.2) is 24.8 Å². The molecule has 0 atom stereocenters. The zero-order valence-corrected chi connectivity index (χ0v) is 9.43. The number of hydrogen-bond donors (Lipinski definition) is 1. The second-order valence-electron chi connectivity index (χ2n) is 3.62. The van der Waals surface area contributed by atoms with Crippen molar-refractivity contribution in [3.8, 4) is 11.1 Å². The van der Waals surface area contributed by atoms with E-state index in [0.717, 1.165) is 16.9 Å². The summed E-state index contributed by atoms with van der Waals surface area (Å²) in [7, 11) is 0. The maximum Gasteiger partial charge on any atom is 0.152 e. The fraction of sp³-hybridized carbons (Fsp3) is 0.